The number of likely N-dealkylation sites (N-methyl/N-ethyl adjacent to an activating group) is 1. The lowest BCUT2D eigenvalue weighted by Crippen LogP contribution is -2.44. The zero-order valence-corrected chi connectivity index (χ0v) is 13.1. The third-order valence-electron chi connectivity index (χ3n) is 3.93. The molecule has 1 heterocycles. The van der Waals surface area contributed by atoms with Gasteiger partial charge in [0.15, 0.2) is 11.6 Å². The number of likely N-dealkylation sites (tertiary alicyclic amines) is 1. The molecule has 2 rings (SSSR count). The van der Waals surface area contributed by atoms with Gasteiger partial charge in [0.25, 0.3) is 0 Å². The first-order valence-electron chi connectivity index (χ1n) is 7.57. The van der Waals surface area contributed by atoms with Gasteiger partial charge >= 0.3 is 5.97 Å². The van der Waals surface area contributed by atoms with Gasteiger partial charge < -0.3 is 14.7 Å². The molecule has 0 aromatic heterocycles. The van der Waals surface area contributed by atoms with E-state index in [-0.39, 0.29) is 24.8 Å². The maximum Gasteiger partial charge on any atom is 0.320 e. The van der Waals surface area contributed by atoms with Crippen LogP contribution in [-0.4, -0.2) is 66.1 Å². The van der Waals surface area contributed by atoms with E-state index in [1.807, 2.05) is 0 Å². The van der Waals surface area contributed by atoms with Crippen LogP contribution in [0.2, 0.25) is 0 Å². The average Bonchev–Trinajstić information content (AvgIpc) is 2.97. The second-order valence-corrected chi connectivity index (χ2v) is 5.56. The number of amides is 1. The molecule has 0 saturated carbocycles. The summed E-state index contributed by atoms with van der Waals surface area (Å²) in [6, 6.07) is 5.50. The monoisotopic (exact) mass is 324 g/mol. The normalized spacial score (nSPS) is 17.9. The summed E-state index contributed by atoms with van der Waals surface area (Å²) in [5, 5.41) is 9.11. The predicted molar refractivity (Wildman–Crippen MR) is 81.8 cm³/mol. The third kappa shape index (κ3) is 4.66. The molecule has 1 aliphatic heterocycles. The van der Waals surface area contributed by atoms with Gasteiger partial charge in [-0.2, -0.15) is 0 Å². The Kier molecular flexibility index (Phi) is 5.92. The van der Waals surface area contributed by atoms with Gasteiger partial charge in [-0.15, -0.1) is 0 Å². The summed E-state index contributed by atoms with van der Waals surface area (Å²) in [7, 11) is 1.62. The number of carboxylic acid groups (broad SMARTS) is 1. The van der Waals surface area contributed by atoms with E-state index < -0.39 is 17.8 Å². The lowest BCUT2D eigenvalue weighted by molar-refractivity contribution is -0.143. The number of ether oxygens (including phenoxy) is 1. The maximum absolute atomic E-state index is 13.4. The van der Waals surface area contributed by atoms with Crippen molar-refractivity contribution >= 4 is 11.9 Å². The first-order valence-corrected chi connectivity index (χ1v) is 7.57. The van der Waals surface area contributed by atoms with Crippen molar-refractivity contribution < 1.29 is 23.8 Å². The minimum atomic E-state index is -0.888. The van der Waals surface area contributed by atoms with Crippen LogP contribution in [0.15, 0.2) is 24.3 Å². The van der Waals surface area contributed by atoms with Gasteiger partial charge in [-0.3, -0.25) is 14.5 Å². The number of para-hydroxylation sites is 1. The molecular formula is C16H21FN2O4. The smallest absolute Gasteiger partial charge is 0.320 e. The molecule has 1 aromatic rings. The fourth-order valence-electron chi connectivity index (χ4n) is 2.57. The highest BCUT2D eigenvalue weighted by molar-refractivity contribution is 5.80. The van der Waals surface area contributed by atoms with E-state index in [1.54, 1.807) is 24.1 Å². The second kappa shape index (κ2) is 7.92. The number of carbonyl (C=O) groups excluding carboxylic acids is 1. The van der Waals surface area contributed by atoms with Crippen LogP contribution in [0.1, 0.15) is 12.8 Å². The van der Waals surface area contributed by atoms with E-state index in [0.717, 1.165) is 6.42 Å². The standard InChI is InChI=1S/C16H21FN2O4/c1-18(9-10-23-14-7-3-2-5-12(14)17)15(20)11-19-8-4-6-13(19)16(21)22/h2-3,5,7,13H,4,6,8-11H2,1H3,(H,21,22)/t13-/m0/s1. The number of hydrogen-bond acceptors (Lipinski definition) is 4. The fraction of sp³-hybridized carbons (Fsp3) is 0.500. The van der Waals surface area contributed by atoms with Gasteiger partial charge in [0.1, 0.15) is 12.6 Å². The van der Waals surface area contributed by atoms with Crippen LogP contribution in [-0.2, 0) is 9.59 Å². The van der Waals surface area contributed by atoms with Crippen molar-refractivity contribution in [3.8, 4) is 5.75 Å². The summed E-state index contributed by atoms with van der Waals surface area (Å²) < 4.78 is 18.7. The quantitative estimate of drug-likeness (QED) is 0.816. The zero-order chi connectivity index (χ0) is 16.8. The molecule has 1 aliphatic rings. The van der Waals surface area contributed by atoms with Crippen LogP contribution in [0.4, 0.5) is 4.39 Å². The number of benzene rings is 1. The van der Waals surface area contributed by atoms with Crippen molar-refractivity contribution in [2.75, 3.05) is 33.3 Å². The highest BCUT2D eigenvalue weighted by Crippen LogP contribution is 2.17. The number of halogens is 1. The lowest BCUT2D eigenvalue weighted by atomic mass is 10.2. The van der Waals surface area contributed by atoms with Gasteiger partial charge in [-0.25, -0.2) is 4.39 Å². The van der Waals surface area contributed by atoms with Gasteiger partial charge in [0, 0.05) is 7.05 Å². The van der Waals surface area contributed by atoms with E-state index >= 15 is 0 Å². The second-order valence-electron chi connectivity index (χ2n) is 5.56. The molecular weight excluding hydrogens is 303 g/mol. The Balaban J connectivity index is 1.77. The van der Waals surface area contributed by atoms with Crippen LogP contribution in [0.5, 0.6) is 5.75 Å². The fourth-order valence-corrected chi connectivity index (χ4v) is 2.57. The van der Waals surface area contributed by atoms with Crippen molar-refractivity contribution in [2.45, 2.75) is 18.9 Å². The summed E-state index contributed by atoms with van der Waals surface area (Å²) in [6.07, 6.45) is 1.35. The molecule has 1 N–H and O–H groups in total. The first-order chi connectivity index (χ1) is 11.0. The number of aliphatic carboxylic acids is 1. The molecule has 6 nitrogen and oxygen atoms in total. The number of nitrogens with zero attached hydrogens (tertiary/aromatic N) is 2. The molecule has 1 saturated heterocycles. The Bertz CT molecular complexity index is 567. The minimum absolute atomic E-state index is 0.0766. The van der Waals surface area contributed by atoms with Crippen molar-refractivity contribution in [1.82, 2.24) is 9.80 Å². The number of rotatable bonds is 7. The molecule has 0 radical (unpaired) electrons. The van der Waals surface area contributed by atoms with Crippen molar-refractivity contribution in [3.05, 3.63) is 30.1 Å². The Morgan fingerprint density at radius 1 is 1.43 bits per heavy atom. The van der Waals surface area contributed by atoms with E-state index in [9.17, 15) is 14.0 Å². The molecule has 0 aliphatic carbocycles. The molecule has 7 heteroatoms. The number of hydrogen-bond donors (Lipinski definition) is 1. The summed E-state index contributed by atoms with van der Waals surface area (Å²) in [4.78, 5) is 26.4. The number of carbonyl (C=O) groups is 2. The predicted octanol–water partition coefficient (Wildman–Crippen LogP) is 1.21. The van der Waals surface area contributed by atoms with Gasteiger partial charge in [-0.05, 0) is 31.5 Å². The highest BCUT2D eigenvalue weighted by Gasteiger charge is 2.32. The van der Waals surface area contributed by atoms with E-state index in [1.165, 1.54) is 17.0 Å². The Morgan fingerprint density at radius 2 is 2.17 bits per heavy atom. The third-order valence-corrected chi connectivity index (χ3v) is 3.93. The molecule has 1 amide bonds. The number of carboxylic acids is 1. The molecule has 23 heavy (non-hydrogen) atoms. The van der Waals surface area contributed by atoms with Crippen LogP contribution >= 0.6 is 0 Å². The topological polar surface area (TPSA) is 70.1 Å². The molecule has 126 valence electrons. The Hall–Kier alpha value is -2.15. The Labute approximate surface area is 134 Å². The van der Waals surface area contributed by atoms with Crippen molar-refractivity contribution in [2.24, 2.45) is 0 Å². The zero-order valence-electron chi connectivity index (χ0n) is 13.1. The van der Waals surface area contributed by atoms with Gasteiger partial charge in [0.05, 0.1) is 13.1 Å². The van der Waals surface area contributed by atoms with Crippen LogP contribution in [0.3, 0.4) is 0 Å². The van der Waals surface area contributed by atoms with E-state index in [0.29, 0.717) is 19.5 Å². The Morgan fingerprint density at radius 3 is 2.87 bits per heavy atom. The maximum atomic E-state index is 13.4. The molecule has 1 aromatic carbocycles. The van der Waals surface area contributed by atoms with E-state index in [4.69, 9.17) is 9.84 Å². The molecule has 0 bridgehead atoms. The summed E-state index contributed by atoms with van der Waals surface area (Å²) in [6.45, 7) is 1.17. The molecule has 0 spiro atoms. The van der Waals surface area contributed by atoms with Crippen LogP contribution < -0.4 is 4.74 Å². The van der Waals surface area contributed by atoms with Gasteiger partial charge in [-0.1, -0.05) is 12.1 Å². The van der Waals surface area contributed by atoms with Crippen LogP contribution in [0.25, 0.3) is 0 Å². The lowest BCUT2D eigenvalue weighted by Gasteiger charge is -2.24. The summed E-state index contributed by atoms with van der Waals surface area (Å²) in [5.74, 6) is -1.35. The largest absolute Gasteiger partial charge is 0.489 e. The minimum Gasteiger partial charge on any atom is -0.489 e. The first kappa shape index (κ1) is 17.2. The highest BCUT2D eigenvalue weighted by atomic mass is 19.1. The molecule has 1 fully saturated rings. The van der Waals surface area contributed by atoms with Crippen molar-refractivity contribution in [1.29, 1.82) is 0 Å². The van der Waals surface area contributed by atoms with E-state index in [2.05, 4.69) is 0 Å². The van der Waals surface area contributed by atoms with Gasteiger partial charge in [0.2, 0.25) is 5.91 Å². The van der Waals surface area contributed by atoms with Crippen LogP contribution in [0, 0.1) is 5.82 Å². The summed E-state index contributed by atoms with van der Waals surface area (Å²) >= 11 is 0. The summed E-state index contributed by atoms with van der Waals surface area (Å²) in [5.41, 5.74) is 0. The molecule has 1 atom stereocenters. The SMILES string of the molecule is CN(CCOc1ccccc1F)C(=O)CN1CCC[C@H]1C(=O)O. The van der Waals surface area contributed by atoms with Crippen molar-refractivity contribution in [3.63, 3.8) is 0 Å². The average molecular weight is 324 g/mol. The molecule has 0 unspecified atom stereocenters.